The number of carbonyl (C=O) groups is 1. The Labute approximate surface area is 171 Å². The molecule has 0 heterocycles. The molecule has 0 bridgehead atoms. The molecule has 5 nitrogen and oxygen atoms in total. The van der Waals surface area contributed by atoms with E-state index < -0.39 is 10.0 Å². The van der Waals surface area contributed by atoms with Crippen LogP contribution in [0.25, 0.3) is 0 Å². The number of sulfonamides is 1. The number of anilines is 1. The van der Waals surface area contributed by atoms with E-state index in [2.05, 4.69) is 22.2 Å². The highest BCUT2D eigenvalue weighted by molar-refractivity contribution is 7.92. The first-order valence-corrected chi connectivity index (χ1v) is 10.9. The maximum Gasteiger partial charge on any atom is 0.261 e. The maximum atomic E-state index is 12.4. The zero-order chi connectivity index (χ0) is 20.7. The van der Waals surface area contributed by atoms with Crippen molar-refractivity contribution < 1.29 is 13.2 Å². The molecule has 0 unspecified atom stereocenters. The molecular formula is C23H24N2O3S. The van der Waals surface area contributed by atoms with Gasteiger partial charge in [-0.25, -0.2) is 8.42 Å². The van der Waals surface area contributed by atoms with Gasteiger partial charge in [-0.15, -0.1) is 0 Å². The summed E-state index contributed by atoms with van der Waals surface area (Å²) in [5.74, 6) is -0.178. The second-order valence-electron chi connectivity index (χ2n) is 6.89. The van der Waals surface area contributed by atoms with E-state index in [0.717, 1.165) is 12.8 Å². The summed E-state index contributed by atoms with van der Waals surface area (Å²) in [6.45, 7) is 1.98. The molecule has 3 aromatic rings. The molecule has 0 aromatic heterocycles. The Hall–Kier alpha value is -3.12. The zero-order valence-corrected chi connectivity index (χ0v) is 17.0. The van der Waals surface area contributed by atoms with Crippen molar-refractivity contribution in [3.05, 3.63) is 96.1 Å². The third-order valence-corrected chi connectivity index (χ3v) is 5.94. The topological polar surface area (TPSA) is 75.3 Å². The Bertz CT molecular complexity index is 1030. The van der Waals surface area contributed by atoms with E-state index in [1.807, 2.05) is 25.1 Å². The van der Waals surface area contributed by atoms with Gasteiger partial charge in [0.25, 0.3) is 15.9 Å². The van der Waals surface area contributed by atoms with Crippen molar-refractivity contribution in [2.45, 2.75) is 30.7 Å². The van der Waals surface area contributed by atoms with Crippen LogP contribution in [0, 0.1) is 0 Å². The predicted molar refractivity (Wildman–Crippen MR) is 115 cm³/mol. The van der Waals surface area contributed by atoms with E-state index in [9.17, 15) is 13.2 Å². The summed E-state index contributed by atoms with van der Waals surface area (Å²) in [7, 11) is -3.65. The van der Waals surface area contributed by atoms with Gasteiger partial charge in [-0.2, -0.15) is 0 Å². The van der Waals surface area contributed by atoms with E-state index in [1.54, 1.807) is 42.5 Å². The molecule has 0 radical (unpaired) electrons. The van der Waals surface area contributed by atoms with Gasteiger partial charge in [0.15, 0.2) is 0 Å². The summed E-state index contributed by atoms with van der Waals surface area (Å²) in [5.41, 5.74) is 2.13. The highest BCUT2D eigenvalue weighted by atomic mass is 32.2. The molecule has 1 atom stereocenters. The predicted octanol–water partition coefficient (Wildman–Crippen LogP) is 4.24. The molecule has 0 spiro atoms. The van der Waals surface area contributed by atoms with Gasteiger partial charge in [-0.1, -0.05) is 48.5 Å². The number of amides is 1. The average molecular weight is 409 g/mol. The second kappa shape index (κ2) is 9.39. The molecule has 3 rings (SSSR count). The van der Waals surface area contributed by atoms with E-state index in [4.69, 9.17) is 0 Å². The quantitative estimate of drug-likeness (QED) is 0.585. The molecule has 6 heteroatoms. The van der Waals surface area contributed by atoms with E-state index in [1.165, 1.54) is 17.7 Å². The summed E-state index contributed by atoms with van der Waals surface area (Å²) in [6, 6.07) is 24.7. The van der Waals surface area contributed by atoms with Crippen LogP contribution in [-0.2, 0) is 16.4 Å². The van der Waals surface area contributed by atoms with Crippen LogP contribution in [0.2, 0.25) is 0 Å². The lowest BCUT2D eigenvalue weighted by Gasteiger charge is -2.14. The first kappa shape index (κ1) is 20.6. The summed E-state index contributed by atoms with van der Waals surface area (Å²) in [5, 5.41) is 2.98. The van der Waals surface area contributed by atoms with Crippen molar-refractivity contribution >= 4 is 21.6 Å². The Morgan fingerprint density at radius 3 is 2.07 bits per heavy atom. The first-order valence-electron chi connectivity index (χ1n) is 9.47. The molecule has 0 aliphatic carbocycles. The van der Waals surface area contributed by atoms with Gasteiger partial charge in [0.2, 0.25) is 0 Å². The highest BCUT2D eigenvalue weighted by Gasteiger charge is 2.14. The fourth-order valence-corrected chi connectivity index (χ4v) is 3.99. The minimum Gasteiger partial charge on any atom is -0.350 e. The van der Waals surface area contributed by atoms with Crippen LogP contribution in [0.1, 0.15) is 29.3 Å². The van der Waals surface area contributed by atoms with Gasteiger partial charge >= 0.3 is 0 Å². The highest BCUT2D eigenvalue weighted by Crippen LogP contribution is 2.16. The van der Waals surface area contributed by atoms with Crippen molar-refractivity contribution in [2.24, 2.45) is 0 Å². The minimum absolute atomic E-state index is 0.0268. The van der Waals surface area contributed by atoms with Crippen LogP contribution in [0.15, 0.2) is 89.8 Å². The standard InChI is InChI=1S/C23H24N2O3S/c1-18(12-13-19-8-4-2-5-9-19)24-23(26)20-14-16-21(17-15-20)25-29(27,28)22-10-6-3-7-11-22/h2-11,14-18,25H,12-13H2,1H3,(H,24,26)/t18-/m1/s1. The summed E-state index contributed by atoms with van der Waals surface area (Å²) >= 11 is 0. The lowest BCUT2D eigenvalue weighted by Crippen LogP contribution is -2.32. The number of hydrogen-bond donors (Lipinski definition) is 2. The maximum absolute atomic E-state index is 12.4. The molecule has 1 amide bonds. The Kier molecular flexibility index (Phi) is 6.67. The third-order valence-electron chi connectivity index (χ3n) is 4.54. The van der Waals surface area contributed by atoms with Crippen molar-refractivity contribution in [3.8, 4) is 0 Å². The van der Waals surface area contributed by atoms with Gasteiger partial charge in [-0.3, -0.25) is 9.52 Å². The monoisotopic (exact) mass is 408 g/mol. The average Bonchev–Trinajstić information content (AvgIpc) is 2.74. The summed E-state index contributed by atoms with van der Waals surface area (Å²) in [6.07, 6.45) is 1.73. The molecule has 2 N–H and O–H groups in total. The van der Waals surface area contributed by atoms with Gasteiger partial charge in [0.1, 0.15) is 0 Å². The number of hydrogen-bond acceptors (Lipinski definition) is 3. The van der Waals surface area contributed by atoms with Crippen molar-refractivity contribution in [3.63, 3.8) is 0 Å². The van der Waals surface area contributed by atoms with Crippen LogP contribution in [0.3, 0.4) is 0 Å². The molecule has 3 aromatic carbocycles. The molecule has 0 aliphatic heterocycles. The van der Waals surface area contributed by atoms with Gasteiger partial charge in [0.05, 0.1) is 4.90 Å². The van der Waals surface area contributed by atoms with Gasteiger partial charge in [-0.05, 0) is 61.7 Å². The number of carbonyl (C=O) groups excluding carboxylic acids is 1. The van der Waals surface area contributed by atoms with E-state index >= 15 is 0 Å². The number of benzene rings is 3. The van der Waals surface area contributed by atoms with Crippen LogP contribution in [0.4, 0.5) is 5.69 Å². The largest absolute Gasteiger partial charge is 0.350 e. The van der Waals surface area contributed by atoms with Crippen molar-refractivity contribution in [1.82, 2.24) is 5.32 Å². The SMILES string of the molecule is C[C@H](CCc1ccccc1)NC(=O)c1ccc(NS(=O)(=O)c2ccccc2)cc1. The fourth-order valence-electron chi connectivity index (χ4n) is 2.91. The first-order chi connectivity index (χ1) is 13.9. The number of nitrogens with one attached hydrogen (secondary N) is 2. The fraction of sp³-hybridized carbons (Fsp3) is 0.174. The molecule has 150 valence electrons. The van der Waals surface area contributed by atoms with Crippen LogP contribution in [0.5, 0.6) is 0 Å². The zero-order valence-electron chi connectivity index (χ0n) is 16.2. The Balaban J connectivity index is 1.56. The van der Waals surface area contributed by atoms with Crippen molar-refractivity contribution in [1.29, 1.82) is 0 Å². The van der Waals surface area contributed by atoms with E-state index in [0.29, 0.717) is 11.3 Å². The lowest BCUT2D eigenvalue weighted by molar-refractivity contribution is 0.0938. The second-order valence-corrected chi connectivity index (χ2v) is 8.58. The van der Waals surface area contributed by atoms with Gasteiger partial charge < -0.3 is 5.32 Å². The molecule has 0 aliphatic rings. The minimum atomic E-state index is -3.65. The summed E-state index contributed by atoms with van der Waals surface area (Å²) < 4.78 is 27.2. The molecule has 0 fully saturated rings. The van der Waals surface area contributed by atoms with Crippen LogP contribution in [-0.4, -0.2) is 20.4 Å². The molecule has 0 saturated heterocycles. The van der Waals surface area contributed by atoms with Crippen molar-refractivity contribution in [2.75, 3.05) is 4.72 Å². The van der Waals surface area contributed by atoms with Crippen LogP contribution < -0.4 is 10.0 Å². The lowest BCUT2D eigenvalue weighted by atomic mass is 10.1. The summed E-state index contributed by atoms with van der Waals surface area (Å²) in [4.78, 5) is 12.6. The van der Waals surface area contributed by atoms with E-state index in [-0.39, 0.29) is 16.8 Å². The molecule has 0 saturated carbocycles. The van der Waals surface area contributed by atoms with Crippen LogP contribution >= 0.6 is 0 Å². The number of aryl methyl sites for hydroxylation is 1. The number of rotatable bonds is 8. The molecule has 29 heavy (non-hydrogen) atoms. The normalized spacial score (nSPS) is 12.2. The Morgan fingerprint density at radius 1 is 0.862 bits per heavy atom. The molecular weight excluding hydrogens is 384 g/mol. The third kappa shape index (κ3) is 5.93. The van der Waals surface area contributed by atoms with Gasteiger partial charge in [0, 0.05) is 17.3 Å². The Morgan fingerprint density at radius 2 is 1.45 bits per heavy atom. The smallest absolute Gasteiger partial charge is 0.261 e.